The molecule has 2 aromatic carbocycles. The van der Waals surface area contributed by atoms with E-state index in [4.69, 9.17) is 9.47 Å². The zero-order valence-corrected chi connectivity index (χ0v) is 11.3. The maximum absolute atomic E-state index is 5.13. The Morgan fingerprint density at radius 3 is 2.00 bits per heavy atom. The first-order chi connectivity index (χ1) is 9.33. The number of anilines is 1. The average molecular weight is 257 g/mol. The highest BCUT2D eigenvalue weighted by Crippen LogP contribution is 2.20. The first kappa shape index (κ1) is 13.6. The highest BCUT2D eigenvalue weighted by atomic mass is 16.7. The summed E-state index contributed by atoms with van der Waals surface area (Å²) in [5.41, 5.74) is 3.49. The van der Waals surface area contributed by atoms with Gasteiger partial charge in [-0.15, -0.1) is 0 Å². The number of benzene rings is 2. The molecule has 0 bridgehead atoms. The van der Waals surface area contributed by atoms with Crippen molar-refractivity contribution in [1.29, 1.82) is 0 Å². The molecule has 0 spiro atoms. The van der Waals surface area contributed by atoms with Gasteiger partial charge in [0.25, 0.3) is 0 Å². The predicted octanol–water partition coefficient (Wildman–Crippen LogP) is 3.38. The van der Waals surface area contributed by atoms with Gasteiger partial charge in [-0.2, -0.15) is 0 Å². The summed E-state index contributed by atoms with van der Waals surface area (Å²) in [7, 11) is 3.27. The van der Waals surface area contributed by atoms with Crippen molar-refractivity contribution < 1.29 is 9.47 Å². The van der Waals surface area contributed by atoms with Crippen LogP contribution in [-0.2, 0) is 9.47 Å². The Morgan fingerprint density at radius 2 is 1.42 bits per heavy atom. The van der Waals surface area contributed by atoms with Crippen LogP contribution in [0.2, 0.25) is 0 Å². The van der Waals surface area contributed by atoms with Crippen LogP contribution in [0.15, 0.2) is 54.6 Å². The van der Waals surface area contributed by atoms with Crippen molar-refractivity contribution in [2.75, 3.05) is 26.1 Å². The van der Waals surface area contributed by atoms with Gasteiger partial charge < -0.3 is 14.8 Å². The lowest BCUT2D eigenvalue weighted by Gasteiger charge is -2.15. The van der Waals surface area contributed by atoms with Crippen LogP contribution in [0.1, 0.15) is 0 Å². The second-order valence-corrected chi connectivity index (χ2v) is 4.23. The molecular formula is C16H19NO2. The van der Waals surface area contributed by atoms with Gasteiger partial charge in [-0.05, 0) is 23.3 Å². The van der Waals surface area contributed by atoms with Crippen LogP contribution in [0.5, 0.6) is 0 Å². The minimum atomic E-state index is -0.228. The second kappa shape index (κ2) is 6.92. The van der Waals surface area contributed by atoms with Crippen molar-refractivity contribution in [3.8, 4) is 11.1 Å². The molecule has 0 radical (unpaired) electrons. The molecule has 2 aromatic rings. The summed E-state index contributed by atoms with van der Waals surface area (Å²) in [6, 6.07) is 18.7. The Kier molecular flexibility index (Phi) is 4.95. The van der Waals surface area contributed by atoms with Crippen LogP contribution in [0.3, 0.4) is 0 Å². The van der Waals surface area contributed by atoms with Crippen LogP contribution >= 0.6 is 0 Å². The van der Waals surface area contributed by atoms with E-state index >= 15 is 0 Å². The first-order valence-corrected chi connectivity index (χ1v) is 6.28. The number of hydrogen-bond acceptors (Lipinski definition) is 3. The van der Waals surface area contributed by atoms with Crippen LogP contribution in [0, 0.1) is 0 Å². The zero-order valence-electron chi connectivity index (χ0n) is 11.3. The molecule has 0 fully saturated rings. The van der Waals surface area contributed by atoms with Gasteiger partial charge in [0.05, 0.1) is 6.54 Å². The molecule has 0 amide bonds. The Bertz CT molecular complexity index is 478. The fourth-order valence-corrected chi connectivity index (χ4v) is 1.88. The minimum Gasteiger partial charge on any atom is -0.380 e. The third-order valence-electron chi connectivity index (χ3n) is 2.99. The maximum Gasteiger partial charge on any atom is 0.173 e. The zero-order chi connectivity index (χ0) is 13.5. The van der Waals surface area contributed by atoms with E-state index in [9.17, 15) is 0 Å². The van der Waals surface area contributed by atoms with E-state index in [1.165, 1.54) is 11.1 Å². The molecule has 0 aliphatic carbocycles. The van der Waals surface area contributed by atoms with Gasteiger partial charge in [0.2, 0.25) is 0 Å². The van der Waals surface area contributed by atoms with E-state index in [0.717, 1.165) is 5.69 Å². The summed E-state index contributed by atoms with van der Waals surface area (Å²) >= 11 is 0. The molecule has 3 nitrogen and oxygen atoms in total. The number of ether oxygens (including phenoxy) is 2. The average Bonchev–Trinajstić information content (AvgIpc) is 2.50. The first-order valence-electron chi connectivity index (χ1n) is 6.28. The fraction of sp³-hybridized carbons (Fsp3) is 0.250. The van der Waals surface area contributed by atoms with E-state index in [1.54, 1.807) is 14.2 Å². The largest absolute Gasteiger partial charge is 0.380 e. The van der Waals surface area contributed by atoms with Gasteiger partial charge in [0.1, 0.15) is 0 Å². The van der Waals surface area contributed by atoms with Gasteiger partial charge in [0, 0.05) is 19.9 Å². The summed E-state index contributed by atoms with van der Waals surface area (Å²) in [6.45, 7) is 0.623. The third-order valence-corrected chi connectivity index (χ3v) is 2.99. The maximum atomic E-state index is 5.13. The lowest BCUT2D eigenvalue weighted by molar-refractivity contribution is -0.0914. The molecule has 1 N–H and O–H groups in total. The third kappa shape index (κ3) is 3.81. The molecule has 3 heteroatoms. The Labute approximate surface area is 114 Å². The molecule has 19 heavy (non-hydrogen) atoms. The fourth-order valence-electron chi connectivity index (χ4n) is 1.88. The lowest BCUT2D eigenvalue weighted by atomic mass is 10.1. The quantitative estimate of drug-likeness (QED) is 0.805. The summed E-state index contributed by atoms with van der Waals surface area (Å²) in [6.07, 6.45) is -0.228. The van der Waals surface area contributed by atoms with Crippen molar-refractivity contribution in [3.05, 3.63) is 54.6 Å². The molecule has 0 aliphatic rings. The van der Waals surface area contributed by atoms with Crippen LogP contribution in [0.4, 0.5) is 5.69 Å². The monoisotopic (exact) mass is 257 g/mol. The van der Waals surface area contributed by atoms with Gasteiger partial charge in [-0.25, -0.2) is 0 Å². The van der Waals surface area contributed by atoms with Gasteiger partial charge in [0.15, 0.2) is 6.29 Å². The number of rotatable bonds is 6. The van der Waals surface area contributed by atoms with E-state index < -0.39 is 0 Å². The van der Waals surface area contributed by atoms with E-state index in [2.05, 4.69) is 41.7 Å². The van der Waals surface area contributed by atoms with Crippen molar-refractivity contribution in [2.45, 2.75) is 6.29 Å². The molecule has 0 atom stereocenters. The second-order valence-electron chi connectivity index (χ2n) is 4.23. The summed E-state index contributed by atoms with van der Waals surface area (Å²) in [5.74, 6) is 0. The van der Waals surface area contributed by atoms with Gasteiger partial charge >= 0.3 is 0 Å². The van der Waals surface area contributed by atoms with E-state index in [-0.39, 0.29) is 6.29 Å². The summed E-state index contributed by atoms with van der Waals surface area (Å²) in [4.78, 5) is 0. The normalized spacial score (nSPS) is 10.7. The van der Waals surface area contributed by atoms with Gasteiger partial charge in [-0.1, -0.05) is 42.5 Å². The minimum absolute atomic E-state index is 0.228. The molecule has 0 saturated carbocycles. The van der Waals surface area contributed by atoms with Crippen LogP contribution in [-0.4, -0.2) is 27.1 Å². The van der Waals surface area contributed by atoms with Crippen molar-refractivity contribution in [3.63, 3.8) is 0 Å². The molecule has 0 aliphatic heterocycles. The Hall–Kier alpha value is -1.84. The van der Waals surface area contributed by atoms with Crippen molar-refractivity contribution in [1.82, 2.24) is 0 Å². The number of nitrogens with one attached hydrogen (secondary N) is 1. The van der Waals surface area contributed by atoms with E-state index in [1.807, 2.05) is 18.2 Å². The van der Waals surface area contributed by atoms with Crippen LogP contribution < -0.4 is 5.32 Å². The SMILES string of the molecule is COC(CNc1ccc(-c2ccccc2)cc1)OC. The predicted molar refractivity (Wildman–Crippen MR) is 78.2 cm³/mol. The molecule has 0 aromatic heterocycles. The van der Waals surface area contributed by atoms with Gasteiger partial charge in [-0.3, -0.25) is 0 Å². The Balaban J connectivity index is 1.99. The summed E-state index contributed by atoms with van der Waals surface area (Å²) in [5, 5.41) is 3.28. The summed E-state index contributed by atoms with van der Waals surface area (Å²) < 4.78 is 10.3. The molecular weight excluding hydrogens is 238 g/mol. The molecule has 0 unspecified atom stereocenters. The van der Waals surface area contributed by atoms with Crippen molar-refractivity contribution in [2.24, 2.45) is 0 Å². The highest BCUT2D eigenvalue weighted by Gasteiger charge is 2.04. The number of methoxy groups -OCH3 is 2. The van der Waals surface area contributed by atoms with Crippen LogP contribution in [0.25, 0.3) is 11.1 Å². The molecule has 100 valence electrons. The smallest absolute Gasteiger partial charge is 0.173 e. The van der Waals surface area contributed by atoms with E-state index in [0.29, 0.717) is 6.54 Å². The van der Waals surface area contributed by atoms with Crippen molar-refractivity contribution >= 4 is 5.69 Å². The topological polar surface area (TPSA) is 30.5 Å². The molecule has 0 heterocycles. The highest BCUT2D eigenvalue weighted by molar-refractivity contribution is 5.65. The Morgan fingerprint density at radius 1 is 0.842 bits per heavy atom. The number of hydrogen-bond donors (Lipinski definition) is 1. The standard InChI is InChI=1S/C16H19NO2/c1-18-16(19-2)12-17-15-10-8-14(9-11-15)13-6-4-3-5-7-13/h3-11,16-17H,12H2,1-2H3. The molecule has 2 rings (SSSR count). The molecule has 0 saturated heterocycles. The lowest BCUT2D eigenvalue weighted by Crippen LogP contribution is -2.23.